The quantitative estimate of drug-likeness (QED) is 0.121. The maximum absolute atomic E-state index is 12.3. The molecule has 0 aromatic carbocycles. The molecule has 0 saturated heterocycles. The molecule has 47 heavy (non-hydrogen) atoms. The molecule has 2 aliphatic carbocycles. The standard InChI is InChI=1S/C42H61O4P/c1-31(19-15-21-33(3)23-25-39-35(5)27-37(43)29-41(39,7)8)17-13-14-18-32(2)20-16-22-34(4)24-26-40-36(6)28-38(30-42(40,9)10)46-47(12,44)45-11/h13-26,28,37-38,40,43H,27,29-30H2,1-12H3/b14-13+,19-15+,20-16+,25-23+,26-24+,31-17+,32-18+,33-21+,34-22+. The van der Waals surface area contributed by atoms with Crippen molar-refractivity contribution in [1.82, 2.24) is 0 Å². The Labute approximate surface area is 287 Å². The summed E-state index contributed by atoms with van der Waals surface area (Å²) in [6.07, 6.45) is 33.9. The summed E-state index contributed by atoms with van der Waals surface area (Å²) in [6, 6.07) is 0. The molecule has 0 aromatic heterocycles. The van der Waals surface area contributed by atoms with Crippen LogP contribution in [0.3, 0.4) is 0 Å². The van der Waals surface area contributed by atoms with E-state index in [4.69, 9.17) is 9.05 Å². The summed E-state index contributed by atoms with van der Waals surface area (Å²) >= 11 is 0. The molecule has 0 aromatic rings. The summed E-state index contributed by atoms with van der Waals surface area (Å²) in [7, 11) is -1.60. The van der Waals surface area contributed by atoms with Gasteiger partial charge in [0.15, 0.2) is 0 Å². The molecule has 2 aliphatic rings. The lowest BCUT2D eigenvalue weighted by Crippen LogP contribution is -2.33. The second kappa shape index (κ2) is 18.1. The zero-order valence-corrected chi connectivity index (χ0v) is 32.0. The third-order valence-electron chi connectivity index (χ3n) is 8.97. The number of aliphatic hydroxyl groups is 1. The van der Waals surface area contributed by atoms with Gasteiger partial charge in [0, 0.05) is 19.7 Å². The lowest BCUT2D eigenvalue weighted by Gasteiger charge is -2.40. The van der Waals surface area contributed by atoms with Gasteiger partial charge >= 0.3 is 7.60 Å². The van der Waals surface area contributed by atoms with Crippen LogP contribution in [0.25, 0.3) is 0 Å². The molecule has 0 amide bonds. The molecule has 0 heterocycles. The summed E-state index contributed by atoms with van der Waals surface area (Å²) in [5.41, 5.74) is 8.54. The molecule has 4 unspecified atom stereocenters. The van der Waals surface area contributed by atoms with Gasteiger partial charge < -0.3 is 14.2 Å². The van der Waals surface area contributed by atoms with Crippen LogP contribution in [0.5, 0.6) is 0 Å². The van der Waals surface area contributed by atoms with Crippen molar-refractivity contribution in [2.24, 2.45) is 16.7 Å². The molecule has 2 rings (SSSR count). The van der Waals surface area contributed by atoms with Crippen molar-refractivity contribution in [3.05, 3.63) is 130 Å². The van der Waals surface area contributed by atoms with Crippen molar-refractivity contribution in [3.63, 3.8) is 0 Å². The van der Waals surface area contributed by atoms with Gasteiger partial charge in [0.05, 0.1) is 12.2 Å². The summed E-state index contributed by atoms with van der Waals surface area (Å²) < 4.78 is 23.1. The Morgan fingerprint density at radius 3 is 1.85 bits per heavy atom. The molecule has 5 heteroatoms. The minimum Gasteiger partial charge on any atom is -0.393 e. The monoisotopic (exact) mass is 660 g/mol. The minimum absolute atomic E-state index is 0.00303. The van der Waals surface area contributed by atoms with Gasteiger partial charge in [-0.05, 0) is 77.2 Å². The first-order valence-corrected chi connectivity index (χ1v) is 18.8. The Hall–Kier alpha value is -2.75. The van der Waals surface area contributed by atoms with E-state index in [0.717, 1.165) is 19.3 Å². The van der Waals surface area contributed by atoms with Gasteiger partial charge in [0.1, 0.15) is 0 Å². The molecule has 0 radical (unpaired) electrons. The van der Waals surface area contributed by atoms with Crippen LogP contribution in [0.1, 0.15) is 88.5 Å². The molecule has 0 aliphatic heterocycles. The van der Waals surface area contributed by atoms with Crippen LogP contribution in [-0.2, 0) is 13.6 Å². The van der Waals surface area contributed by atoms with Gasteiger partial charge in [0.2, 0.25) is 0 Å². The number of rotatable bonds is 13. The average molecular weight is 661 g/mol. The first-order valence-electron chi connectivity index (χ1n) is 16.8. The van der Waals surface area contributed by atoms with Gasteiger partial charge in [-0.2, -0.15) is 0 Å². The lowest BCUT2D eigenvalue weighted by atomic mass is 9.67. The van der Waals surface area contributed by atoms with Crippen LogP contribution in [0.15, 0.2) is 130 Å². The first-order chi connectivity index (χ1) is 21.8. The van der Waals surface area contributed by atoms with Crippen molar-refractivity contribution < 1.29 is 18.7 Å². The molecule has 0 spiro atoms. The van der Waals surface area contributed by atoms with Gasteiger partial charge in [-0.15, -0.1) is 0 Å². The van der Waals surface area contributed by atoms with E-state index in [0.29, 0.717) is 0 Å². The highest BCUT2D eigenvalue weighted by molar-refractivity contribution is 7.52. The van der Waals surface area contributed by atoms with Crippen molar-refractivity contribution in [2.75, 3.05) is 13.8 Å². The molecule has 1 N–H and O–H groups in total. The highest BCUT2D eigenvalue weighted by atomic mass is 31.2. The summed E-state index contributed by atoms with van der Waals surface area (Å²) in [5.74, 6) is 0.279. The first kappa shape index (κ1) is 40.4. The minimum atomic E-state index is -3.03. The van der Waals surface area contributed by atoms with Crippen LogP contribution in [-0.4, -0.2) is 31.1 Å². The van der Waals surface area contributed by atoms with Gasteiger partial charge in [0.25, 0.3) is 0 Å². The molecular formula is C42H61O4P. The molecule has 4 atom stereocenters. The fraction of sp³-hybridized carbons (Fsp3) is 0.476. The normalized spacial score (nSPS) is 26.4. The summed E-state index contributed by atoms with van der Waals surface area (Å²) in [4.78, 5) is 0. The highest BCUT2D eigenvalue weighted by Crippen LogP contribution is 2.50. The van der Waals surface area contributed by atoms with E-state index in [-0.39, 0.29) is 29.0 Å². The van der Waals surface area contributed by atoms with Crippen LogP contribution >= 0.6 is 7.60 Å². The van der Waals surface area contributed by atoms with Gasteiger partial charge in [-0.25, -0.2) is 0 Å². The predicted octanol–water partition coefficient (Wildman–Crippen LogP) is 11.9. The number of hydrogen-bond acceptors (Lipinski definition) is 4. The number of allylic oxidation sites excluding steroid dienone is 20. The zero-order valence-electron chi connectivity index (χ0n) is 31.1. The molecule has 258 valence electrons. The van der Waals surface area contributed by atoms with Crippen LogP contribution in [0.4, 0.5) is 0 Å². The number of aliphatic hydroxyl groups excluding tert-OH is 1. The number of hydrogen-bond donors (Lipinski definition) is 1. The molecule has 4 nitrogen and oxygen atoms in total. The lowest BCUT2D eigenvalue weighted by molar-refractivity contribution is 0.116. The van der Waals surface area contributed by atoms with Crippen LogP contribution in [0.2, 0.25) is 0 Å². The Balaban J connectivity index is 1.92. The van der Waals surface area contributed by atoms with Crippen LogP contribution in [0, 0.1) is 16.7 Å². The third kappa shape index (κ3) is 14.1. The summed E-state index contributed by atoms with van der Waals surface area (Å²) in [5, 5.41) is 10.1. The van der Waals surface area contributed by atoms with E-state index >= 15 is 0 Å². The van der Waals surface area contributed by atoms with E-state index in [9.17, 15) is 9.67 Å². The van der Waals surface area contributed by atoms with E-state index in [2.05, 4.69) is 160 Å². The second-order valence-corrected chi connectivity index (χ2v) is 16.9. The smallest absolute Gasteiger partial charge is 0.327 e. The van der Waals surface area contributed by atoms with Crippen molar-refractivity contribution in [2.45, 2.75) is 101 Å². The third-order valence-corrected chi connectivity index (χ3v) is 10.3. The Bertz CT molecular complexity index is 1480. The Kier molecular flexibility index (Phi) is 15.6. The highest BCUT2D eigenvalue weighted by Gasteiger charge is 2.37. The molecule has 0 saturated carbocycles. The summed E-state index contributed by atoms with van der Waals surface area (Å²) in [6.45, 7) is 23.1. The molecule has 0 bridgehead atoms. The molecule has 0 fully saturated rings. The fourth-order valence-electron chi connectivity index (χ4n) is 6.47. The maximum Gasteiger partial charge on any atom is 0.327 e. The largest absolute Gasteiger partial charge is 0.393 e. The zero-order chi connectivity index (χ0) is 35.4. The predicted molar refractivity (Wildman–Crippen MR) is 204 cm³/mol. The fourth-order valence-corrected chi connectivity index (χ4v) is 7.18. The SMILES string of the molecule is COP(C)(=O)OC1C=C(C)C(/C=C/C(C)=C/C=C/C(C)=C/C=C/C=C(C)/C=C/C=C(C)/C=C/C2=C(C)CC(O)CC2(C)C)C(C)(C)C1. The topological polar surface area (TPSA) is 55.8 Å². The average Bonchev–Trinajstić information content (AvgIpc) is 2.93. The van der Waals surface area contributed by atoms with E-state index in [1.807, 2.05) is 0 Å². The van der Waals surface area contributed by atoms with Crippen molar-refractivity contribution in [1.29, 1.82) is 0 Å². The van der Waals surface area contributed by atoms with E-state index in [1.165, 1.54) is 52.8 Å². The Morgan fingerprint density at radius 2 is 1.34 bits per heavy atom. The second-order valence-electron chi connectivity index (χ2n) is 14.8. The van der Waals surface area contributed by atoms with Crippen LogP contribution < -0.4 is 0 Å². The molecular weight excluding hydrogens is 599 g/mol. The van der Waals surface area contributed by atoms with Gasteiger partial charge in [-0.3, -0.25) is 4.57 Å². The van der Waals surface area contributed by atoms with Crippen molar-refractivity contribution >= 4 is 7.60 Å². The van der Waals surface area contributed by atoms with E-state index in [1.54, 1.807) is 0 Å². The van der Waals surface area contributed by atoms with Gasteiger partial charge in [-0.1, -0.05) is 152 Å². The maximum atomic E-state index is 12.3. The van der Waals surface area contributed by atoms with E-state index < -0.39 is 7.60 Å². The van der Waals surface area contributed by atoms with Crippen molar-refractivity contribution in [3.8, 4) is 0 Å². The Morgan fingerprint density at radius 1 is 0.830 bits per heavy atom.